The zero-order valence-electron chi connectivity index (χ0n) is 8.37. The van der Waals surface area contributed by atoms with Crippen molar-refractivity contribution < 1.29 is 19.7 Å². The summed E-state index contributed by atoms with van der Waals surface area (Å²) in [6.45, 7) is 2.57. The highest BCUT2D eigenvalue weighted by atomic mass is 16.5. The standard InChI is InChI=1S/C9H19NO4/c11-6-8-14-7-5-10-4-2-1-3-9(12)13/h10-11H,1-8H2,(H,12,13). The molecule has 0 bridgehead atoms. The Labute approximate surface area is 84.1 Å². The minimum absolute atomic E-state index is 0.0542. The molecule has 5 nitrogen and oxygen atoms in total. The molecule has 84 valence electrons. The van der Waals surface area contributed by atoms with Crippen molar-refractivity contribution in [2.75, 3.05) is 32.9 Å². The van der Waals surface area contributed by atoms with E-state index in [0.29, 0.717) is 19.6 Å². The summed E-state index contributed by atoms with van der Waals surface area (Å²) in [5.41, 5.74) is 0. The van der Waals surface area contributed by atoms with Gasteiger partial charge in [-0.25, -0.2) is 0 Å². The van der Waals surface area contributed by atoms with Crippen LogP contribution in [0.1, 0.15) is 19.3 Å². The van der Waals surface area contributed by atoms with E-state index < -0.39 is 5.97 Å². The molecule has 5 heteroatoms. The van der Waals surface area contributed by atoms with Crippen molar-refractivity contribution in [3.63, 3.8) is 0 Å². The van der Waals surface area contributed by atoms with Gasteiger partial charge in [-0.1, -0.05) is 0 Å². The van der Waals surface area contributed by atoms with Crippen LogP contribution in [-0.2, 0) is 9.53 Å². The Hall–Kier alpha value is -0.650. The highest BCUT2D eigenvalue weighted by Crippen LogP contribution is 1.92. The number of aliphatic hydroxyl groups is 1. The lowest BCUT2D eigenvalue weighted by molar-refractivity contribution is -0.137. The van der Waals surface area contributed by atoms with Crippen LogP contribution in [0.5, 0.6) is 0 Å². The number of unbranched alkanes of at least 4 members (excludes halogenated alkanes) is 1. The van der Waals surface area contributed by atoms with Gasteiger partial charge in [0.05, 0.1) is 19.8 Å². The Morgan fingerprint density at radius 1 is 1.21 bits per heavy atom. The third kappa shape index (κ3) is 11.4. The van der Waals surface area contributed by atoms with E-state index in [4.69, 9.17) is 14.9 Å². The van der Waals surface area contributed by atoms with Crippen LogP contribution in [0.15, 0.2) is 0 Å². The molecule has 0 saturated carbocycles. The number of aliphatic hydroxyl groups excluding tert-OH is 1. The van der Waals surface area contributed by atoms with Crippen molar-refractivity contribution in [1.29, 1.82) is 0 Å². The van der Waals surface area contributed by atoms with Gasteiger partial charge in [0, 0.05) is 13.0 Å². The van der Waals surface area contributed by atoms with Crippen molar-refractivity contribution in [1.82, 2.24) is 5.32 Å². The summed E-state index contributed by atoms with van der Waals surface area (Å²) < 4.78 is 5.02. The SMILES string of the molecule is O=C(O)CCCCNCCOCCO. The maximum absolute atomic E-state index is 10.1. The number of carboxylic acid groups (broad SMARTS) is 1. The van der Waals surface area contributed by atoms with Crippen LogP contribution in [0.3, 0.4) is 0 Å². The van der Waals surface area contributed by atoms with Crippen LogP contribution in [0.25, 0.3) is 0 Å². The molecule has 0 aromatic rings. The molecule has 0 aromatic heterocycles. The molecule has 0 unspecified atom stereocenters. The summed E-state index contributed by atoms with van der Waals surface area (Å²) in [5.74, 6) is -0.740. The van der Waals surface area contributed by atoms with Crippen LogP contribution in [0.4, 0.5) is 0 Å². The molecule has 0 spiro atoms. The molecule has 0 amide bonds. The fraction of sp³-hybridized carbons (Fsp3) is 0.889. The van der Waals surface area contributed by atoms with Crippen molar-refractivity contribution in [2.45, 2.75) is 19.3 Å². The number of rotatable bonds is 10. The van der Waals surface area contributed by atoms with Gasteiger partial charge in [0.2, 0.25) is 0 Å². The predicted molar refractivity (Wildman–Crippen MR) is 52.3 cm³/mol. The van der Waals surface area contributed by atoms with E-state index in [1.807, 2.05) is 0 Å². The number of carboxylic acids is 1. The first-order valence-corrected chi connectivity index (χ1v) is 4.88. The Balaban J connectivity index is 2.88. The third-order valence-electron chi connectivity index (χ3n) is 1.65. The lowest BCUT2D eigenvalue weighted by Crippen LogP contribution is -2.21. The van der Waals surface area contributed by atoms with Gasteiger partial charge in [0.1, 0.15) is 0 Å². The molecule has 0 aliphatic heterocycles. The van der Waals surface area contributed by atoms with E-state index in [2.05, 4.69) is 5.32 Å². The molecule has 0 radical (unpaired) electrons. The van der Waals surface area contributed by atoms with E-state index in [0.717, 1.165) is 19.5 Å². The number of nitrogens with one attached hydrogen (secondary N) is 1. The second-order valence-corrected chi connectivity index (χ2v) is 2.94. The summed E-state index contributed by atoms with van der Waals surface area (Å²) in [7, 11) is 0. The zero-order valence-corrected chi connectivity index (χ0v) is 8.37. The Kier molecular flexibility index (Phi) is 9.95. The molecular weight excluding hydrogens is 186 g/mol. The maximum Gasteiger partial charge on any atom is 0.303 e. The summed E-state index contributed by atoms with van der Waals surface area (Å²) in [6, 6.07) is 0. The number of ether oxygens (including phenoxy) is 1. The molecule has 0 rings (SSSR count). The minimum atomic E-state index is -0.740. The van der Waals surface area contributed by atoms with Crippen molar-refractivity contribution in [3.05, 3.63) is 0 Å². The van der Waals surface area contributed by atoms with Gasteiger partial charge in [0.15, 0.2) is 0 Å². The first-order valence-electron chi connectivity index (χ1n) is 4.88. The second-order valence-electron chi connectivity index (χ2n) is 2.94. The predicted octanol–water partition coefficient (Wildman–Crippen LogP) is -0.160. The van der Waals surface area contributed by atoms with Crippen LogP contribution >= 0.6 is 0 Å². The smallest absolute Gasteiger partial charge is 0.303 e. The van der Waals surface area contributed by atoms with Crippen LogP contribution < -0.4 is 5.32 Å². The Bertz CT molecular complexity index is 141. The topological polar surface area (TPSA) is 78.8 Å². The fourth-order valence-corrected chi connectivity index (χ4v) is 0.962. The fourth-order valence-electron chi connectivity index (χ4n) is 0.962. The summed E-state index contributed by atoms with van der Waals surface area (Å²) >= 11 is 0. The molecule has 3 N–H and O–H groups in total. The van der Waals surface area contributed by atoms with Crippen LogP contribution in [0.2, 0.25) is 0 Å². The van der Waals surface area contributed by atoms with E-state index >= 15 is 0 Å². The van der Waals surface area contributed by atoms with Crippen molar-refractivity contribution in [2.24, 2.45) is 0 Å². The Morgan fingerprint density at radius 2 is 2.00 bits per heavy atom. The van der Waals surface area contributed by atoms with Gasteiger partial charge in [-0.2, -0.15) is 0 Å². The molecule has 0 aliphatic carbocycles. The van der Waals surface area contributed by atoms with Crippen molar-refractivity contribution >= 4 is 5.97 Å². The molecule has 0 atom stereocenters. The van der Waals surface area contributed by atoms with Gasteiger partial charge >= 0.3 is 5.97 Å². The lowest BCUT2D eigenvalue weighted by Gasteiger charge is -2.04. The van der Waals surface area contributed by atoms with E-state index in [1.54, 1.807) is 0 Å². The first-order chi connectivity index (χ1) is 6.77. The Morgan fingerprint density at radius 3 is 2.64 bits per heavy atom. The quantitative estimate of drug-likeness (QED) is 0.432. The van der Waals surface area contributed by atoms with E-state index in [-0.39, 0.29) is 13.0 Å². The minimum Gasteiger partial charge on any atom is -0.481 e. The van der Waals surface area contributed by atoms with Gasteiger partial charge in [-0.05, 0) is 19.4 Å². The van der Waals surface area contributed by atoms with Crippen LogP contribution in [0, 0.1) is 0 Å². The highest BCUT2D eigenvalue weighted by molar-refractivity contribution is 5.66. The largest absolute Gasteiger partial charge is 0.481 e. The van der Waals surface area contributed by atoms with Crippen LogP contribution in [-0.4, -0.2) is 49.1 Å². The van der Waals surface area contributed by atoms with E-state index in [9.17, 15) is 4.79 Å². The molecule has 0 saturated heterocycles. The average molecular weight is 205 g/mol. The number of carbonyl (C=O) groups is 1. The number of hydrogen-bond donors (Lipinski definition) is 3. The summed E-state index contributed by atoms with van der Waals surface area (Å²) in [5, 5.41) is 19.9. The summed E-state index contributed by atoms with van der Waals surface area (Å²) in [4.78, 5) is 10.1. The van der Waals surface area contributed by atoms with Gasteiger partial charge in [0.25, 0.3) is 0 Å². The maximum atomic E-state index is 10.1. The number of aliphatic carboxylic acids is 1. The first kappa shape index (κ1) is 13.4. The van der Waals surface area contributed by atoms with Gasteiger partial charge < -0.3 is 20.3 Å². The van der Waals surface area contributed by atoms with Gasteiger partial charge in [-0.15, -0.1) is 0 Å². The molecule has 14 heavy (non-hydrogen) atoms. The lowest BCUT2D eigenvalue weighted by atomic mass is 10.2. The molecule has 0 heterocycles. The average Bonchev–Trinajstić information content (AvgIpc) is 2.15. The molecular formula is C9H19NO4. The molecule has 0 aromatic carbocycles. The third-order valence-corrected chi connectivity index (χ3v) is 1.65. The molecule has 0 fully saturated rings. The number of hydrogen-bond acceptors (Lipinski definition) is 4. The van der Waals surface area contributed by atoms with E-state index in [1.165, 1.54) is 0 Å². The van der Waals surface area contributed by atoms with Gasteiger partial charge in [-0.3, -0.25) is 4.79 Å². The summed E-state index contributed by atoms with van der Waals surface area (Å²) in [6.07, 6.45) is 1.81. The highest BCUT2D eigenvalue weighted by Gasteiger charge is 1.95. The normalized spacial score (nSPS) is 10.4. The van der Waals surface area contributed by atoms with Crippen molar-refractivity contribution in [3.8, 4) is 0 Å². The monoisotopic (exact) mass is 205 g/mol. The molecule has 0 aliphatic rings. The second kappa shape index (κ2) is 10.4. The zero-order chi connectivity index (χ0) is 10.6.